The van der Waals surface area contributed by atoms with Gasteiger partial charge in [0.2, 0.25) is 0 Å². The second kappa shape index (κ2) is 13.5. The lowest BCUT2D eigenvalue weighted by Crippen LogP contribution is -2.27. The van der Waals surface area contributed by atoms with Crippen molar-refractivity contribution in [2.45, 2.75) is 71.5 Å². The molecular weight excluding hydrogens is 638 g/mol. The zero-order chi connectivity index (χ0) is 35.7. The van der Waals surface area contributed by atoms with Gasteiger partial charge >= 0.3 is 0 Å². The van der Waals surface area contributed by atoms with E-state index in [4.69, 9.17) is 0 Å². The van der Waals surface area contributed by atoms with Gasteiger partial charge in [-0.2, -0.15) is 10.5 Å². The average Bonchev–Trinajstić information content (AvgIpc) is 3.73. The third-order valence-electron chi connectivity index (χ3n) is 8.32. The molecule has 0 aliphatic heterocycles. The Balaban J connectivity index is 1.67. The van der Waals surface area contributed by atoms with Crippen LogP contribution in [0, 0.1) is 28.1 Å². The first-order chi connectivity index (χ1) is 23.2. The van der Waals surface area contributed by atoms with E-state index in [1.54, 1.807) is 25.1 Å². The number of hydrogen-bond donors (Lipinski definition) is 2. The van der Waals surface area contributed by atoms with Crippen LogP contribution in [0.15, 0.2) is 54.2 Å². The fourth-order valence-electron chi connectivity index (χ4n) is 5.56. The lowest BCUT2D eigenvalue weighted by molar-refractivity contribution is 0.0593. The Labute approximate surface area is 280 Å². The van der Waals surface area contributed by atoms with Crippen LogP contribution in [0.2, 0.25) is 0 Å². The predicted octanol–water partition coefficient (Wildman–Crippen LogP) is 7.11. The molecule has 0 amide bonds. The van der Waals surface area contributed by atoms with Crippen molar-refractivity contribution in [1.29, 1.82) is 10.5 Å². The van der Waals surface area contributed by atoms with Gasteiger partial charge in [0.05, 0.1) is 41.1 Å². The second-order valence-electron chi connectivity index (χ2n) is 13.2. The molecule has 10 nitrogen and oxygen atoms in total. The SMILES string of the molecule is C=C(c1ccn(CC(F)F)c(=O)c1/C=C\C)[C@H](Nc1cc(C#N)c2ncc(C#N)c(NCC(C)(C)C)c2c1)c1cn(C2(C(F)F)CC2)nn1. The van der Waals surface area contributed by atoms with Gasteiger partial charge in [0.15, 0.2) is 0 Å². The minimum Gasteiger partial charge on any atom is -0.383 e. The zero-order valence-electron chi connectivity index (χ0n) is 27.4. The number of rotatable bonds is 12. The molecule has 3 aromatic heterocycles. The van der Waals surface area contributed by atoms with Crippen molar-refractivity contribution in [3.8, 4) is 12.1 Å². The number of hydrogen-bond acceptors (Lipinski definition) is 8. The van der Waals surface area contributed by atoms with Crippen molar-refractivity contribution in [2.24, 2.45) is 5.41 Å². The molecule has 49 heavy (non-hydrogen) atoms. The van der Waals surface area contributed by atoms with E-state index in [0.29, 0.717) is 34.4 Å². The topological polar surface area (TPSA) is 137 Å². The van der Waals surface area contributed by atoms with Crippen LogP contribution < -0.4 is 16.2 Å². The van der Waals surface area contributed by atoms with Gasteiger partial charge in [-0.05, 0) is 54.5 Å². The summed E-state index contributed by atoms with van der Waals surface area (Å²) in [7, 11) is 0. The van der Waals surface area contributed by atoms with Gasteiger partial charge in [-0.3, -0.25) is 9.78 Å². The quantitative estimate of drug-likeness (QED) is 0.152. The Hall–Kier alpha value is -5.50. The number of nitrogens with zero attached hydrogens (tertiary/aromatic N) is 7. The van der Waals surface area contributed by atoms with E-state index in [-0.39, 0.29) is 46.2 Å². The minimum absolute atomic E-state index is 0.0915. The number of nitriles is 2. The maximum Gasteiger partial charge on any atom is 0.263 e. The number of aromatic nitrogens is 5. The average molecular weight is 674 g/mol. The van der Waals surface area contributed by atoms with Gasteiger partial charge in [0, 0.05) is 35.6 Å². The van der Waals surface area contributed by atoms with Crippen molar-refractivity contribution in [3.63, 3.8) is 0 Å². The van der Waals surface area contributed by atoms with Crippen LogP contribution in [0.4, 0.5) is 28.9 Å². The summed E-state index contributed by atoms with van der Waals surface area (Å²) in [5.41, 5.74) is 0.204. The third-order valence-corrected chi connectivity index (χ3v) is 8.32. The Morgan fingerprint density at radius 1 is 1.16 bits per heavy atom. The lowest BCUT2D eigenvalue weighted by atomic mass is 9.94. The number of nitrogens with one attached hydrogen (secondary N) is 2. The molecule has 5 rings (SSSR count). The highest BCUT2D eigenvalue weighted by Crippen LogP contribution is 2.48. The Bertz CT molecular complexity index is 2080. The van der Waals surface area contributed by atoms with Crippen LogP contribution in [-0.2, 0) is 12.1 Å². The summed E-state index contributed by atoms with van der Waals surface area (Å²) in [6, 6.07) is 8.04. The first-order valence-corrected chi connectivity index (χ1v) is 15.5. The Kier molecular flexibility index (Phi) is 9.63. The van der Waals surface area contributed by atoms with Gasteiger partial charge in [-0.25, -0.2) is 22.2 Å². The molecule has 0 bridgehead atoms. The van der Waals surface area contributed by atoms with E-state index in [1.165, 1.54) is 30.7 Å². The summed E-state index contributed by atoms with van der Waals surface area (Å²) < 4.78 is 56.6. The van der Waals surface area contributed by atoms with Crippen LogP contribution in [0.5, 0.6) is 0 Å². The van der Waals surface area contributed by atoms with E-state index in [9.17, 15) is 32.9 Å². The van der Waals surface area contributed by atoms with Gasteiger partial charge in [0.25, 0.3) is 18.4 Å². The summed E-state index contributed by atoms with van der Waals surface area (Å²) in [5.74, 6) is 0. The number of pyridine rings is 2. The van der Waals surface area contributed by atoms with Crippen molar-refractivity contribution in [3.05, 3.63) is 87.7 Å². The van der Waals surface area contributed by atoms with Crippen LogP contribution in [0.25, 0.3) is 22.6 Å². The van der Waals surface area contributed by atoms with E-state index >= 15 is 0 Å². The van der Waals surface area contributed by atoms with Crippen molar-refractivity contribution >= 4 is 33.9 Å². The summed E-state index contributed by atoms with van der Waals surface area (Å²) in [6.07, 6.45) is 2.11. The van der Waals surface area contributed by atoms with E-state index in [1.807, 2.05) is 20.8 Å². The number of benzene rings is 1. The first kappa shape index (κ1) is 34.8. The predicted molar refractivity (Wildman–Crippen MR) is 179 cm³/mol. The maximum absolute atomic E-state index is 14.0. The highest BCUT2D eigenvalue weighted by atomic mass is 19.3. The monoisotopic (exact) mass is 673 g/mol. The summed E-state index contributed by atoms with van der Waals surface area (Å²) in [5, 5.41) is 35.4. The molecule has 254 valence electrons. The Morgan fingerprint density at radius 3 is 2.47 bits per heavy atom. The molecule has 1 fully saturated rings. The molecule has 0 spiro atoms. The normalized spacial score (nSPS) is 14.6. The number of anilines is 2. The number of halogens is 4. The molecule has 4 aromatic rings. The third kappa shape index (κ3) is 7.04. The van der Waals surface area contributed by atoms with E-state index < -0.39 is 36.5 Å². The standard InChI is InChI=1S/C35H35F4N9O/c1-6-7-25-24(8-11-47(32(25)49)18-28(36)37)20(2)29(27-17-48(46-45-27)35(9-10-35)33(38)39)44-23-12-21(14-40)30-26(13-23)31(22(15-41)16-42-30)43-19-34(3,4)5/h6-8,11-13,16-17,28-29,33,44H,2,9-10,18-19H2,1,3-5H3,(H,42,43)/b7-6-/t29-/m0/s1. The van der Waals surface area contributed by atoms with Crippen LogP contribution in [-0.4, -0.2) is 43.9 Å². The van der Waals surface area contributed by atoms with E-state index in [0.717, 1.165) is 9.25 Å². The summed E-state index contributed by atoms with van der Waals surface area (Å²) in [4.78, 5) is 17.7. The number of alkyl halides is 4. The van der Waals surface area contributed by atoms with Crippen molar-refractivity contribution < 1.29 is 17.6 Å². The molecular formula is C35H35F4N9O. The molecule has 1 aliphatic carbocycles. The maximum atomic E-state index is 14.0. The van der Waals surface area contributed by atoms with Gasteiger partial charge in [-0.15, -0.1) is 5.10 Å². The van der Waals surface area contributed by atoms with Crippen LogP contribution in [0.1, 0.15) is 74.5 Å². The molecule has 0 saturated heterocycles. The molecule has 1 aliphatic rings. The Morgan fingerprint density at radius 2 is 1.88 bits per heavy atom. The molecule has 0 radical (unpaired) electrons. The zero-order valence-corrected chi connectivity index (χ0v) is 27.4. The molecule has 0 unspecified atom stereocenters. The molecule has 3 heterocycles. The molecule has 1 atom stereocenters. The fourth-order valence-corrected chi connectivity index (χ4v) is 5.56. The summed E-state index contributed by atoms with van der Waals surface area (Å²) >= 11 is 0. The number of allylic oxidation sites excluding steroid dienone is 1. The second-order valence-corrected chi connectivity index (χ2v) is 13.2. The summed E-state index contributed by atoms with van der Waals surface area (Å²) in [6.45, 7) is 11.7. The van der Waals surface area contributed by atoms with E-state index in [2.05, 4.69) is 44.6 Å². The molecule has 1 saturated carbocycles. The smallest absolute Gasteiger partial charge is 0.263 e. The van der Waals surface area contributed by atoms with Crippen molar-refractivity contribution in [1.82, 2.24) is 24.5 Å². The van der Waals surface area contributed by atoms with Gasteiger partial charge in [0.1, 0.15) is 23.4 Å². The fraction of sp³-hybridized carbons (Fsp3) is 0.371. The highest BCUT2D eigenvalue weighted by molar-refractivity contribution is 5.99. The van der Waals surface area contributed by atoms with Crippen molar-refractivity contribution in [2.75, 3.05) is 17.2 Å². The van der Waals surface area contributed by atoms with Gasteiger partial charge in [-0.1, -0.05) is 44.7 Å². The number of fused-ring (bicyclic) bond motifs is 1. The van der Waals surface area contributed by atoms with Gasteiger partial charge < -0.3 is 15.2 Å². The minimum atomic E-state index is -2.76. The first-order valence-electron chi connectivity index (χ1n) is 15.5. The molecule has 2 N–H and O–H groups in total. The molecule has 14 heteroatoms. The van der Waals surface area contributed by atoms with Crippen LogP contribution in [0.3, 0.4) is 0 Å². The highest BCUT2D eigenvalue weighted by Gasteiger charge is 2.54. The lowest BCUT2D eigenvalue weighted by Gasteiger charge is -2.24. The molecule has 1 aromatic carbocycles. The largest absolute Gasteiger partial charge is 0.383 e. The van der Waals surface area contributed by atoms with Crippen LogP contribution >= 0.6 is 0 Å².